The SMILES string of the molecule is COc1ccc(OC(=O)c2ccc(OCc3c(C)noc3C)cc2)cc1. The lowest BCUT2D eigenvalue weighted by Gasteiger charge is -2.08. The number of esters is 1. The molecule has 1 aromatic heterocycles. The summed E-state index contributed by atoms with van der Waals surface area (Å²) in [6.45, 7) is 4.07. The summed E-state index contributed by atoms with van der Waals surface area (Å²) in [4.78, 5) is 12.2. The molecule has 0 radical (unpaired) electrons. The standard InChI is InChI=1S/C20H19NO5/c1-13-19(14(2)26-21-13)12-24-17-6-4-15(5-7-17)20(22)25-18-10-8-16(23-3)9-11-18/h4-11H,12H2,1-3H3. The summed E-state index contributed by atoms with van der Waals surface area (Å²) >= 11 is 0. The molecule has 0 aliphatic carbocycles. The Morgan fingerprint density at radius 3 is 2.15 bits per heavy atom. The number of ether oxygens (including phenoxy) is 3. The number of nitrogens with zero attached hydrogens (tertiary/aromatic N) is 1. The third kappa shape index (κ3) is 4.03. The average molecular weight is 353 g/mol. The number of carbonyl (C=O) groups is 1. The molecule has 6 heteroatoms. The summed E-state index contributed by atoms with van der Waals surface area (Å²) in [7, 11) is 1.58. The van der Waals surface area contributed by atoms with E-state index in [1.54, 1.807) is 55.6 Å². The number of carbonyl (C=O) groups excluding carboxylic acids is 1. The average Bonchev–Trinajstić information content (AvgIpc) is 2.99. The van der Waals surface area contributed by atoms with Crippen molar-refractivity contribution in [3.05, 3.63) is 71.1 Å². The molecule has 0 bridgehead atoms. The molecule has 3 rings (SSSR count). The molecule has 0 aliphatic rings. The third-order valence-corrected chi connectivity index (χ3v) is 3.92. The second-order valence-corrected chi connectivity index (χ2v) is 5.68. The Hall–Kier alpha value is -3.28. The van der Waals surface area contributed by atoms with Crippen LogP contribution in [-0.4, -0.2) is 18.2 Å². The van der Waals surface area contributed by atoms with E-state index >= 15 is 0 Å². The van der Waals surface area contributed by atoms with E-state index in [9.17, 15) is 4.79 Å². The van der Waals surface area contributed by atoms with Crippen molar-refractivity contribution in [2.75, 3.05) is 7.11 Å². The van der Waals surface area contributed by atoms with Gasteiger partial charge in [0.25, 0.3) is 0 Å². The topological polar surface area (TPSA) is 70.8 Å². The van der Waals surface area contributed by atoms with Gasteiger partial charge < -0.3 is 18.7 Å². The van der Waals surface area contributed by atoms with Crippen LogP contribution in [0.5, 0.6) is 17.2 Å². The van der Waals surface area contributed by atoms with Crippen LogP contribution in [0.25, 0.3) is 0 Å². The Kier molecular flexibility index (Phi) is 5.22. The number of aryl methyl sites for hydroxylation is 2. The minimum atomic E-state index is -0.438. The van der Waals surface area contributed by atoms with Crippen LogP contribution in [0.2, 0.25) is 0 Å². The van der Waals surface area contributed by atoms with E-state index in [0.717, 1.165) is 17.0 Å². The highest BCUT2D eigenvalue weighted by Crippen LogP contribution is 2.20. The molecule has 134 valence electrons. The monoisotopic (exact) mass is 353 g/mol. The summed E-state index contributed by atoms with van der Waals surface area (Å²) in [5.41, 5.74) is 2.17. The predicted octanol–water partition coefficient (Wildman–Crippen LogP) is 4.10. The zero-order valence-corrected chi connectivity index (χ0v) is 14.8. The van der Waals surface area contributed by atoms with Gasteiger partial charge in [-0.2, -0.15) is 0 Å². The van der Waals surface area contributed by atoms with Crippen LogP contribution in [0.4, 0.5) is 0 Å². The fourth-order valence-corrected chi connectivity index (χ4v) is 2.36. The van der Waals surface area contributed by atoms with Gasteiger partial charge in [0, 0.05) is 0 Å². The van der Waals surface area contributed by atoms with Gasteiger partial charge in [-0.05, 0) is 62.4 Å². The van der Waals surface area contributed by atoms with Gasteiger partial charge in [0.05, 0.1) is 23.9 Å². The zero-order valence-electron chi connectivity index (χ0n) is 14.8. The Labute approximate surface area is 151 Å². The van der Waals surface area contributed by atoms with Gasteiger partial charge in [0.15, 0.2) is 0 Å². The third-order valence-electron chi connectivity index (χ3n) is 3.92. The van der Waals surface area contributed by atoms with Crippen LogP contribution in [0.15, 0.2) is 53.1 Å². The summed E-state index contributed by atoms with van der Waals surface area (Å²) in [6.07, 6.45) is 0. The first-order chi connectivity index (χ1) is 12.6. The van der Waals surface area contributed by atoms with Crippen molar-refractivity contribution in [1.82, 2.24) is 5.16 Å². The lowest BCUT2D eigenvalue weighted by atomic mass is 10.2. The normalized spacial score (nSPS) is 10.4. The van der Waals surface area contributed by atoms with Crippen LogP contribution >= 0.6 is 0 Å². The second kappa shape index (κ2) is 7.74. The molecule has 3 aromatic rings. The predicted molar refractivity (Wildman–Crippen MR) is 94.7 cm³/mol. The molecule has 0 unspecified atom stereocenters. The van der Waals surface area contributed by atoms with Crippen molar-refractivity contribution < 1.29 is 23.5 Å². The van der Waals surface area contributed by atoms with Crippen molar-refractivity contribution in [2.24, 2.45) is 0 Å². The van der Waals surface area contributed by atoms with Gasteiger partial charge in [-0.25, -0.2) is 4.79 Å². The van der Waals surface area contributed by atoms with E-state index in [4.69, 9.17) is 18.7 Å². The molecule has 0 amide bonds. The van der Waals surface area contributed by atoms with Gasteiger partial charge in [-0.15, -0.1) is 0 Å². The number of hydrogen-bond donors (Lipinski definition) is 0. The molecule has 1 heterocycles. The van der Waals surface area contributed by atoms with Crippen molar-refractivity contribution in [1.29, 1.82) is 0 Å². The molecule has 0 N–H and O–H groups in total. The van der Waals surface area contributed by atoms with E-state index < -0.39 is 5.97 Å². The Morgan fingerprint density at radius 1 is 0.962 bits per heavy atom. The number of methoxy groups -OCH3 is 1. The lowest BCUT2D eigenvalue weighted by Crippen LogP contribution is -2.08. The largest absolute Gasteiger partial charge is 0.497 e. The van der Waals surface area contributed by atoms with Gasteiger partial charge in [-0.3, -0.25) is 0 Å². The van der Waals surface area contributed by atoms with E-state index in [2.05, 4.69) is 5.16 Å². The van der Waals surface area contributed by atoms with Crippen molar-refractivity contribution in [3.63, 3.8) is 0 Å². The van der Waals surface area contributed by atoms with Crippen LogP contribution in [0.1, 0.15) is 27.4 Å². The van der Waals surface area contributed by atoms with Crippen LogP contribution in [0.3, 0.4) is 0 Å². The second-order valence-electron chi connectivity index (χ2n) is 5.68. The van der Waals surface area contributed by atoms with E-state index in [-0.39, 0.29) is 0 Å². The first-order valence-corrected chi connectivity index (χ1v) is 8.07. The van der Waals surface area contributed by atoms with Crippen molar-refractivity contribution in [3.8, 4) is 17.2 Å². The Balaban J connectivity index is 1.60. The highest BCUT2D eigenvalue weighted by Gasteiger charge is 2.11. The molecule has 0 saturated carbocycles. The van der Waals surface area contributed by atoms with E-state index in [0.29, 0.717) is 29.4 Å². The quantitative estimate of drug-likeness (QED) is 0.491. The number of hydrogen-bond acceptors (Lipinski definition) is 6. The maximum absolute atomic E-state index is 12.2. The zero-order chi connectivity index (χ0) is 18.5. The molecule has 0 spiro atoms. The number of aromatic nitrogens is 1. The molecule has 0 atom stereocenters. The highest BCUT2D eigenvalue weighted by molar-refractivity contribution is 5.91. The minimum absolute atomic E-state index is 0.358. The molecule has 0 aliphatic heterocycles. The fraction of sp³-hybridized carbons (Fsp3) is 0.200. The fourth-order valence-electron chi connectivity index (χ4n) is 2.36. The highest BCUT2D eigenvalue weighted by atomic mass is 16.5. The molecule has 6 nitrogen and oxygen atoms in total. The summed E-state index contributed by atoms with van der Waals surface area (Å²) in [5, 5.41) is 3.89. The molecule has 0 saturated heterocycles. The molecule has 2 aromatic carbocycles. The Bertz CT molecular complexity index is 862. The van der Waals surface area contributed by atoms with Crippen molar-refractivity contribution in [2.45, 2.75) is 20.5 Å². The maximum Gasteiger partial charge on any atom is 0.343 e. The first-order valence-electron chi connectivity index (χ1n) is 8.07. The maximum atomic E-state index is 12.2. The van der Waals surface area contributed by atoms with Crippen molar-refractivity contribution >= 4 is 5.97 Å². The first kappa shape index (κ1) is 17.5. The minimum Gasteiger partial charge on any atom is -0.497 e. The molecular weight excluding hydrogens is 334 g/mol. The van der Waals surface area contributed by atoms with Crippen LogP contribution in [-0.2, 0) is 6.61 Å². The van der Waals surface area contributed by atoms with Crippen LogP contribution in [0, 0.1) is 13.8 Å². The Morgan fingerprint density at radius 2 is 1.58 bits per heavy atom. The summed E-state index contributed by atoms with van der Waals surface area (Å²) in [6, 6.07) is 13.6. The molecule has 0 fully saturated rings. The summed E-state index contributed by atoms with van der Waals surface area (Å²) < 4.78 is 21.2. The molecular formula is C20H19NO5. The van der Waals surface area contributed by atoms with Gasteiger partial charge in [-0.1, -0.05) is 5.16 Å². The van der Waals surface area contributed by atoms with Crippen LogP contribution < -0.4 is 14.2 Å². The smallest absolute Gasteiger partial charge is 0.343 e. The van der Waals surface area contributed by atoms with Gasteiger partial charge in [0.2, 0.25) is 0 Å². The van der Waals surface area contributed by atoms with Gasteiger partial charge in [0.1, 0.15) is 29.6 Å². The number of rotatable bonds is 6. The summed E-state index contributed by atoms with van der Waals surface area (Å²) in [5.74, 6) is 2.10. The van der Waals surface area contributed by atoms with E-state index in [1.807, 2.05) is 13.8 Å². The van der Waals surface area contributed by atoms with Gasteiger partial charge >= 0.3 is 5.97 Å². The van der Waals surface area contributed by atoms with E-state index in [1.165, 1.54) is 0 Å². The molecule has 26 heavy (non-hydrogen) atoms. The lowest BCUT2D eigenvalue weighted by molar-refractivity contribution is 0.0734. The number of benzene rings is 2.